The molecule has 152 valence electrons. The number of phenolic OH excluding ortho intramolecular Hbond substituents is 1. The third kappa shape index (κ3) is 4.66. The van der Waals surface area contributed by atoms with E-state index in [0.29, 0.717) is 11.8 Å². The van der Waals surface area contributed by atoms with Gasteiger partial charge in [-0.1, -0.05) is 24.3 Å². The number of aliphatic hydroxyl groups excluding tert-OH is 1. The number of aliphatic hydroxyl groups is 1. The number of methoxy groups -OCH3 is 1. The summed E-state index contributed by atoms with van der Waals surface area (Å²) in [5.41, 5.74) is 4.74. The molecule has 1 atom stereocenters. The van der Waals surface area contributed by atoms with Gasteiger partial charge in [-0.3, -0.25) is 9.80 Å². The number of ether oxygens (including phenoxy) is 1. The van der Waals surface area contributed by atoms with E-state index in [1.54, 1.807) is 13.2 Å². The zero-order chi connectivity index (χ0) is 20.1. The Labute approximate surface area is 168 Å². The Bertz CT molecular complexity index is 793. The van der Waals surface area contributed by atoms with E-state index in [1.807, 2.05) is 24.3 Å². The third-order valence-corrected chi connectivity index (χ3v) is 5.98. The summed E-state index contributed by atoms with van der Waals surface area (Å²) in [4.78, 5) is 4.85. The molecule has 5 heteroatoms. The molecule has 2 aromatic rings. The van der Waals surface area contributed by atoms with Gasteiger partial charge in [0.1, 0.15) is 11.5 Å². The fourth-order valence-electron chi connectivity index (χ4n) is 4.08. The van der Waals surface area contributed by atoms with Crippen LogP contribution < -0.4 is 4.74 Å². The molecule has 1 aliphatic heterocycles. The highest BCUT2D eigenvalue weighted by Crippen LogP contribution is 2.27. The first-order valence-electron chi connectivity index (χ1n) is 10.0. The van der Waals surface area contributed by atoms with E-state index in [1.165, 1.54) is 16.7 Å². The number of rotatable bonds is 7. The fraction of sp³-hybridized carbons (Fsp3) is 0.478. The quantitative estimate of drug-likeness (QED) is 0.768. The van der Waals surface area contributed by atoms with Gasteiger partial charge in [-0.2, -0.15) is 0 Å². The van der Waals surface area contributed by atoms with Gasteiger partial charge < -0.3 is 14.9 Å². The van der Waals surface area contributed by atoms with Crippen LogP contribution in [0, 0.1) is 13.8 Å². The lowest BCUT2D eigenvalue weighted by atomic mass is 10.00. The van der Waals surface area contributed by atoms with Crippen molar-refractivity contribution in [3.8, 4) is 11.5 Å². The molecule has 0 spiro atoms. The summed E-state index contributed by atoms with van der Waals surface area (Å²) in [6.45, 7) is 8.85. The highest BCUT2D eigenvalue weighted by molar-refractivity contribution is 5.43. The zero-order valence-electron chi connectivity index (χ0n) is 17.2. The second-order valence-corrected chi connectivity index (χ2v) is 7.68. The Kier molecular flexibility index (Phi) is 6.94. The second kappa shape index (κ2) is 9.41. The molecule has 5 nitrogen and oxygen atoms in total. The van der Waals surface area contributed by atoms with Crippen molar-refractivity contribution in [3.63, 3.8) is 0 Å². The minimum atomic E-state index is 0.187. The van der Waals surface area contributed by atoms with Crippen LogP contribution in [-0.4, -0.2) is 59.4 Å². The number of phenols is 1. The normalized spacial score (nSPS) is 18.4. The maximum absolute atomic E-state index is 10.1. The first kappa shape index (κ1) is 20.6. The Hall–Kier alpha value is -2.08. The van der Waals surface area contributed by atoms with Gasteiger partial charge in [0.25, 0.3) is 0 Å². The van der Waals surface area contributed by atoms with Crippen molar-refractivity contribution in [1.29, 1.82) is 0 Å². The average molecular weight is 385 g/mol. The topological polar surface area (TPSA) is 56.2 Å². The van der Waals surface area contributed by atoms with Crippen LogP contribution in [0.15, 0.2) is 36.4 Å². The molecule has 3 rings (SSSR count). The molecule has 0 radical (unpaired) electrons. The minimum Gasteiger partial charge on any atom is -0.508 e. The summed E-state index contributed by atoms with van der Waals surface area (Å²) in [6, 6.07) is 12.0. The van der Waals surface area contributed by atoms with Crippen LogP contribution in [0.2, 0.25) is 0 Å². The van der Waals surface area contributed by atoms with Gasteiger partial charge in [0.15, 0.2) is 0 Å². The maximum atomic E-state index is 10.1. The number of hydrogen-bond acceptors (Lipinski definition) is 5. The van der Waals surface area contributed by atoms with Crippen LogP contribution in [-0.2, 0) is 13.1 Å². The molecule has 0 aromatic heterocycles. The van der Waals surface area contributed by atoms with Crippen molar-refractivity contribution in [2.24, 2.45) is 0 Å². The molecule has 0 aliphatic carbocycles. The lowest BCUT2D eigenvalue weighted by Gasteiger charge is -2.41. The molecular formula is C23H32N2O3. The first-order chi connectivity index (χ1) is 13.5. The third-order valence-electron chi connectivity index (χ3n) is 5.98. The van der Waals surface area contributed by atoms with Gasteiger partial charge in [0.05, 0.1) is 7.11 Å². The molecular weight excluding hydrogens is 352 g/mol. The van der Waals surface area contributed by atoms with Gasteiger partial charge in [0, 0.05) is 50.9 Å². The van der Waals surface area contributed by atoms with Gasteiger partial charge in [-0.05, 0) is 49.1 Å². The Morgan fingerprint density at radius 1 is 1.00 bits per heavy atom. The molecule has 1 unspecified atom stereocenters. The smallest absolute Gasteiger partial charge is 0.122 e. The number of para-hydroxylation sites is 1. The lowest BCUT2D eigenvalue weighted by molar-refractivity contribution is 0.0495. The van der Waals surface area contributed by atoms with Crippen LogP contribution >= 0.6 is 0 Å². The second-order valence-electron chi connectivity index (χ2n) is 7.68. The van der Waals surface area contributed by atoms with E-state index < -0.39 is 0 Å². The summed E-state index contributed by atoms with van der Waals surface area (Å²) in [6.07, 6.45) is 0.755. The van der Waals surface area contributed by atoms with Gasteiger partial charge in [-0.15, -0.1) is 0 Å². The Morgan fingerprint density at radius 2 is 1.79 bits per heavy atom. The van der Waals surface area contributed by atoms with Crippen LogP contribution in [0.25, 0.3) is 0 Å². The molecule has 2 N–H and O–H groups in total. The van der Waals surface area contributed by atoms with Crippen LogP contribution in [0.3, 0.4) is 0 Å². The predicted molar refractivity (Wildman–Crippen MR) is 112 cm³/mol. The SMILES string of the molecule is COc1ccc(CN2CCN(Cc3ccccc3O)CC2CCO)c(C)c1C. The minimum absolute atomic E-state index is 0.187. The van der Waals surface area contributed by atoms with Crippen molar-refractivity contribution >= 4 is 0 Å². The molecule has 1 fully saturated rings. The molecule has 2 aromatic carbocycles. The number of benzene rings is 2. The molecule has 28 heavy (non-hydrogen) atoms. The van der Waals surface area contributed by atoms with Gasteiger partial charge >= 0.3 is 0 Å². The Balaban J connectivity index is 1.70. The van der Waals surface area contributed by atoms with E-state index in [4.69, 9.17) is 4.74 Å². The number of hydrogen-bond donors (Lipinski definition) is 2. The predicted octanol–water partition coefficient (Wildman–Crippen LogP) is 3.09. The highest BCUT2D eigenvalue weighted by atomic mass is 16.5. The molecule has 1 saturated heterocycles. The summed E-state index contributed by atoms with van der Waals surface area (Å²) < 4.78 is 5.44. The fourth-order valence-corrected chi connectivity index (χ4v) is 4.08. The number of nitrogens with zero attached hydrogens (tertiary/aromatic N) is 2. The number of piperazine rings is 1. The van der Waals surface area contributed by atoms with Crippen molar-refractivity contribution in [2.45, 2.75) is 39.4 Å². The van der Waals surface area contributed by atoms with Gasteiger partial charge in [0.2, 0.25) is 0 Å². The summed E-state index contributed by atoms with van der Waals surface area (Å²) in [5, 5.41) is 19.7. The summed E-state index contributed by atoms with van der Waals surface area (Å²) in [5.74, 6) is 1.29. The van der Waals surface area contributed by atoms with Crippen LogP contribution in [0.4, 0.5) is 0 Å². The van der Waals surface area contributed by atoms with E-state index in [9.17, 15) is 10.2 Å². The monoisotopic (exact) mass is 384 g/mol. The maximum Gasteiger partial charge on any atom is 0.122 e. The number of aromatic hydroxyl groups is 1. The summed E-state index contributed by atoms with van der Waals surface area (Å²) >= 11 is 0. The highest BCUT2D eigenvalue weighted by Gasteiger charge is 2.27. The average Bonchev–Trinajstić information content (AvgIpc) is 2.69. The van der Waals surface area contributed by atoms with Crippen LogP contribution in [0.5, 0.6) is 11.5 Å². The van der Waals surface area contributed by atoms with Crippen molar-refractivity contribution in [1.82, 2.24) is 9.80 Å². The molecule has 0 saturated carbocycles. The molecule has 0 bridgehead atoms. The lowest BCUT2D eigenvalue weighted by Crippen LogP contribution is -2.52. The molecule has 0 amide bonds. The molecule has 1 aliphatic rings. The first-order valence-corrected chi connectivity index (χ1v) is 10.0. The van der Waals surface area contributed by atoms with Crippen molar-refractivity contribution < 1.29 is 14.9 Å². The largest absolute Gasteiger partial charge is 0.508 e. The standard InChI is InChI=1S/C23H32N2O3/c1-17-18(2)23(28-3)9-8-19(17)15-25-12-11-24(16-21(25)10-13-26)14-20-6-4-5-7-22(20)27/h4-9,21,26-27H,10-16H2,1-3H3. The van der Waals surface area contributed by atoms with E-state index in [2.05, 4.69) is 29.7 Å². The molecule has 1 heterocycles. The Morgan fingerprint density at radius 3 is 2.50 bits per heavy atom. The van der Waals surface area contributed by atoms with E-state index in [-0.39, 0.29) is 6.61 Å². The van der Waals surface area contributed by atoms with E-state index in [0.717, 1.165) is 50.5 Å². The van der Waals surface area contributed by atoms with Crippen LogP contribution in [0.1, 0.15) is 28.7 Å². The van der Waals surface area contributed by atoms with E-state index >= 15 is 0 Å². The van der Waals surface area contributed by atoms with Gasteiger partial charge in [-0.25, -0.2) is 0 Å². The van der Waals surface area contributed by atoms with Crippen molar-refractivity contribution in [3.05, 3.63) is 58.7 Å². The van der Waals surface area contributed by atoms with Crippen molar-refractivity contribution in [2.75, 3.05) is 33.4 Å². The summed E-state index contributed by atoms with van der Waals surface area (Å²) in [7, 11) is 1.71. The zero-order valence-corrected chi connectivity index (χ0v) is 17.2.